The average molecular weight is 655 g/mol. The SMILES string of the molecule is O=C(Cc1ccc2[nH]ncc2c1)C1C(c2ccc(F)cc2)CC(N2CCOCC2)CN1C(=O)/C=C/c1cc(Cl)ccc1-n1cnnn1. The zero-order chi connectivity index (χ0) is 32.3. The summed E-state index contributed by atoms with van der Waals surface area (Å²) in [4.78, 5) is 32.8. The van der Waals surface area contributed by atoms with Gasteiger partial charge in [0.2, 0.25) is 5.91 Å². The van der Waals surface area contributed by atoms with E-state index in [0.29, 0.717) is 42.5 Å². The lowest BCUT2D eigenvalue weighted by Gasteiger charge is -2.48. The molecule has 2 aliphatic heterocycles. The molecule has 2 saturated heterocycles. The molecule has 0 spiro atoms. The van der Waals surface area contributed by atoms with Crippen LogP contribution in [0.4, 0.5) is 4.39 Å². The third-order valence-corrected chi connectivity index (χ3v) is 9.23. The van der Waals surface area contributed by atoms with Gasteiger partial charge in [0.05, 0.1) is 36.7 Å². The summed E-state index contributed by atoms with van der Waals surface area (Å²) < 4.78 is 21.2. The first-order valence-electron chi connectivity index (χ1n) is 15.5. The summed E-state index contributed by atoms with van der Waals surface area (Å²) in [6.07, 6.45) is 7.08. The molecule has 5 aromatic rings. The van der Waals surface area contributed by atoms with Gasteiger partial charge in [-0.1, -0.05) is 29.8 Å². The number of carbonyl (C=O) groups is 2. The number of aromatic amines is 1. The van der Waals surface area contributed by atoms with Crippen molar-refractivity contribution in [2.45, 2.75) is 30.8 Å². The van der Waals surface area contributed by atoms with E-state index in [0.717, 1.165) is 35.1 Å². The molecule has 0 radical (unpaired) electrons. The number of carbonyl (C=O) groups excluding carboxylic acids is 2. The molecular formula is C34H32ClFN8O3. The second-order valence-electron chi connectivity index (χ2n) is 11.9. The van der Waals surface area contributed by atoms with E-state index >= 15 is 0 Å². The summed E-state index contributed by atoms with van der Waals surface area (Å²) >= 11 is 6.33. The van der Waals surface area contributed by atoms with Gasteiger partial charge >= 0.3 is 0 Å². The van der Waals surface area contributed by atoms with Crippen LogP contribution in [0.1, 0.15) is 29.0 Å². The summed E-state index contributed by atoms with van der Waals surface area (Å²) in [6, 6.07) is 16.4. The predicted octanol–water partition coefficient (Wildman–Crippen LogP) is 4.24. The van der Waals surface area contributed by atoms with E-state index in [4.69, 9.17) is 16.3 Å². The molecule has 1 N–H and O–H groups in total. The first-order chi connectivity index (χ1) is 22.9. The number of ether oxygens (including phenoxy) is 1. The van der Waals surface area contributed by atoms with Crippen LogP contribution in [0.25, 0.3) is 22.7 Å². The molecule has 1 amide bonds. The Labute approximate surface area is 274 Å². The van der Waals surface area contributed by atoms with Gasteiger partial charge in [-0.15, -0.1) is 5.10 Å². The van der Waals surface area contributed by atoms with Gasteiger partial charge in [-0.2, -0.15) is 9.78 Å². The number of hydrogen-bond donors (Lipinski definition) is 1. The van der Waals surface area contributed by atoms with Gasteiger partial charge in [0.1, 0.15) is 12.1 Å². The van der Waals surface area contributed by atoms with Crippen LogP contribution in [0.2, 0.25) is 5.02 Å². The molecule has 240 valence electrons. The van der Waals surface area contributed by atoms with Gasteiger partial charge in [0.15, 0.2) is 5.78 Å². The van der Waals surface area contributed by atoms with Crippen LogP contribution >= 0.6 is 11.6 Å². The highest BCUT2D eigenvalue weighted by Gasteiger charge is 2.44. The lowest BCUT2D eigenvalue weighted by Crippen LogP contribution is -2.60. The Hall–Kier alpha value is -4.78. The van der Waals surface area contributed by atoms with Crippen LogP contribution in [0.5, 0.6) is 0 Å². The van der Waals surface area contributed by atoms with Gasteiger partial charge < -0.3 is 9.64 Å². The number of halogens is 2. The van der Waals surface area contributed by atoms with Crippen molar-refractivity contribution in [3.05, 3.63) is 107 Å². The monoisotopic (exact) mass is 654 g/mol. The zero-order valence-corrected chi connectivity index (χ0v) is 26.1. The van der Waals surface area contributed by atoms with Crippen molar-refractivity contribution < 1.29 is 18.7 Å². The van der Waals surface area contributed by atoms with E-state index in [1.54, 1.807) is 47.5 Å². The number of nitrogens with one attached hydrogen (secondary N) is 1. The van der Waals surface area contributed by atoms with Crippen molar-refractivity contribution in [1.82, 2.24) is 40.2 Å². The largest absolute Gasteiger partial charge is 0.379 e. The maximum absolute atomic E-state index is 14.4. The van der Waals surface area contributed by atoms with E-state index in [-0.39, 0.29) is 35.9 Å². The number of hydrogen-bond acceptors (Lipinski definition) is 8. The number of ketones is 1. The number of nitrogens with zero attached hydrogens (tertiary/aromatic N) is 7. The third kappa shape index (κ3) is 6.71. The number of Topliss-reactive ketones (excluding diaryl/α,β-unsaturated/α-hetero) is 1. The summed E-state index contributed by atoms with van der Waals surface area (Å²) in [5.41, 5.74) is 3.78. The van der Waals surface area contributed by atoms with Crippen LogP contribution in [-0.4, -0.2) is 96.8 Å². The van der Waals surface area contributed by atoms with Crippen molar-refractivity contribution in [1.29, 1.82) is 0 Å². The second-order valence-corrected chi connectivity index (χ2v) is 12.3. The fourth-order valence-electron chi connectivity index (χ4n) is 6.72. The molecule has 3 unspecified atom stereocenters. The number of rotatable bonds is 8. The van der Waals surface area contributed by atoms with Gasteiger partial charge in [-0.25, -0.2) is 4.39 Å². The van der Waals surface area contributed by atoms with E-state index < -0.39 is 6.04 Å². The standard InChI is InChI=1S/C34H32ClFN8O3/c35-26-5-9-31(44-21-38-40-41-44)24(17-26)4-10-33(46)43-20-28(42-11-13-47-14-12-42)18-29(23-2-6-27(36)7-3-23)34(43)32(45)16-22-1-8-30-25(15-22)19-37-39-30/h1-10,15,17,19,21,28-29,34H,11-14,16,18,20H2,(H,37,39)/b10-4+. The lowest BCUT2D eigenvalue weighted by molar-refractivity contribution is -0.141. The first-order valence-corrected chi connectivity index (χ1v) is 15.8. The highest BCUT2D eigenvalue weighted by molar-refractivity contribution is 6.30. The van der Waals surface area contributed by atoms with Crippen LogP contribution in [0, 0.1) is 5.82 Å². The van der Waals surface area contributed by atoms with E-state index in [1.807, 2.05) is 18.2 Å². The molecule has 3 aromatic carbocycles. The van der Waals surface area contributed by atoms with Gasteiger partial charge in [-0.05, 0) is 76.5 Å². The first kappa shape index (κ1) is 30.9. The number of morpholine rings is 1. The quantitative estimate of drug-likeness (QED) is 0.247. The van der Waals surface area contributed by atoms with Crippen molar-refractivity contribution in [2.24, 2.45) is 0 Å². The fourth-order valence-corrected chi connectivity index (χ4v) is 6.90. The minimum atomic E-state index is -0.784. The lowest BCUT2D eigenvalue weighted by atomic mass is 9.78. The number of H-pyrrole nitrogens is 1. The smallest absolute Gasteiger partial charge is 0.247 e. The van der Waals surface area contributed by atoms with Gasteiger partial charge in [-0.3, -0.25) is 19.6 Å². The number of piperidine rings is 1. The predicted molar refractivity (Wildman–Crippen MR) is 173 cm³/mol. The van der Waals surface area contributed by atoms with E-state index in [1.165, 1.54) is 29.2 Å². The molecule has 2 fully saturated rings. The molecule has 3 atom stereocenters. The molecule has 2 aromatic heterocycles. The summed E-state index contributed by atoms with van der Waals surface area (Å²) in [5, 5.41) is 19.9. The number of aromatic nitrogens is 6. The maximum Gasteiger partial charge on any atom is 0.247 e. The fraction of sp³-hybridized carbons (Fsp3) is 0.294. The summed E-state index contributed by atoms with van der Waals surface area (Å²) in [6.45, 7) is 2.99. The zero-order valence-electron chi connectivity index (χ0n) is 25.4. The van der Waals surface area contributed by atoms with Crippen molar-refractivity contribution in [2.75, 3.05) is 32.8 Å². The summed E-state index contributed by atoms with van der Waals surface area (Å²) in [7, 11) is 0. The molecule has 47 heavy (non-hydrogen) atoms. The van der Waals surface area contributed by atoms with Gasteiger partial charge in [0.25, 0.3) is 0 Å². The molecule has 0 saturated carbocycles. The number of likely N-dealkylation sites (tertiary alicyclic amines) is 1. The Morgan fingerprint density at radius 1 is 1.06 bits per heavy atom. The number of benzene rings is 3. The topological polar surface area (TPSA) is 122 Å². The van der Waals surface area contributed by atoms with Crippen molar-refractivity contribution >= 4 is 40.3 Å². The minimum Gasteiger partial charge on any atom is -0.379 e. The van der Waals surface area contributed by atoms with E-state index in [2.05, 4.69) is 30.6 Å². The highest BCUT2D eigenvalue weighted by Crippen LogP contribution is 2.37. The minimum absolute atomic E-state index is 0.0272. The van der Waals surface area contributed by atoms with Gasteiger partial charge in [0, 0.05) is 60.1 Å². The molecule has 2 aliphatic rings. The number of fused-ring (bicyclic) bond motifs is 1. The maximum atomic E-state index is 14.4. The molecule has 13 heteroatoms. The Balaban J connectivity index is 1.26. The normalized spacial score (nSPS) is 20.6. The van der Waals surface area contributed by atoms with Crippen molar-refractivity contribution in [3.63, 3.8) is 0 Å². The van der Waals surface area contributed by atoms with Crippen LogP contribution < -0.4 is 0 Å². The molecule has 11 nitrogen and oxygen atoms in total. The molecule has 0 bridgehead atoms. The van der Waals surface area contributed by atoms with Crippen LogP contribution in [-0.2, 0) is 20.7 Å². The molecular weight excluding hydrogens is 623 g/mol. The summed E-state index contributed by atoms with van der Waals surface area (Å²) in [5.74, 6) is -1.13. The molecule has 0 aliphatic carbocycles. The Morgan fingerprint density at radius 3 is 2.68 bits per heavy atom. The Bertz CT molecular complexity index is 1910. The highest BCUT2D eigenvalue weighted by atomic mass is 35.5. The molecule has 4 heterocycles. The number of amides is 1. The van der Waals surface area contributed by atoms with Crippen LogP contribution in [0.15, 0.2) is 79.3 Å². The van der Waals surface area contributed by atoms with Crippen molar-refractivity contribution in [3.8, 4) is 5.69 Å². The molecule has 7 rings (SSSR count). The Morgan fingerprint density at radius 2 is 1.89 bits per heavy atom. The number of tetrazole rings is 1. The average Bonchev–Trinajstić information content (AvgIpc) is 3.80. The second kappa shape index (κ2) is 13.5. The van der Waals surface area contributed by atoms with Crippen LogP contribution in [0.3, 0.4) is 0 Å². The Kier molecular flexibility index (Phi) is 8.88. The van der Waals surface area contributed by atoms with E-state index in [9.17, 15) is 14.0 Å². The third-order valence-electron chi connectivity index (χ3n) is 9.00.